The van der Waals surface area contributed by atoms with E-state index in [4.69, 9.17) is 10.2 Å². The lowest BCUT2D eigenvalue weighted by atomic mass is 10.4. The summed E-state index contributed by atoms with van der Waals surface area (Å²) in [4.78, 5) is 0. The molecule has 0 fully saturated rings. The van der Waals surface area contributed by atoms with Gasteiger partial charge in [0.2, 0.25) is 0 Å². The van der Waals surface area contributed by atoms with Crippen LogP contribution in [0.1, 0.15) is 0 Å². The lowest BCUT2D eigenvalue weighted by molar-refractivity contribution is 0.471. The van der Waals surface area contributed by atoms with Crippen LogP contribution in [0, 0.1) is 12.2 Å². The molecule has 1 rings (SSSR count). The van der Waals surface area contributed by atoms with Gasteiger partial charge < -0.3 is 10.2 Å². The SMILES string of the molecule is OC#CO.c1ccccc1. The fourth-order valence-corrected chi connectivity index (χ4v) is 0.385. The quantitative estimate of drug-likeness (QED) is 0.528. The molecule has 0 amide bonds. The minimum absolute atomic E-state index is 1.24. The van der Waals surface area contributed by atoms with Gasteiger partial charge in [-0.05, 0) is 0 Å². The van der Waals surface area contributed by atoms with Crippen LogP contribution in [0.4, 0.5) is 0 Å². The van der Waals surface area contributed by atoms with Crippen LogP contribution in [0.2, 0.25) is 0 Å². The lowest BCUT2D eigenvalue weighted by Crippen LogP contribution is -1.47. The summed E-state index contributed by atoms with van der Waals surface area (Å²) in [5, 5.41) is 14.5. The predicted octanol–water partition coefficient (Wildman–Crippen LogP) is 1.34. The fourth-order valence-electron chi connectivity index (χ4n) is 0.385. The van der Waals surface area contributed by atoms with E-state index in [1.807, 2.05) is 36.4 Å². The van der Waals surface area contributed by atoms with E-state index in [-0.39, 0.29) is 0 Å². The molecular weight excluding hydrogens is 128 g/mol. The molecule has 0 spiro atoms. The molecule has 0 aromatic heterocycles. The number of rotatable bonds is 0. The Hall–Kier alpha value is -1.62. The van der Waals surface area contributed by atoms with Crippen molar-refractivity contribution in [1.29, 1.82) is 0 Å². The van der Waals surface area contributed by atoms with Gasteiger partial charge in [-0.2, -0.15) is 0 Å². The van der Waals surface area contributed by atoms with Gasteiger partial charge in [-0.3, -0.25) is 0 Å². The molecule has 1 aromatic rings. The molecule has 0 aliphatic rings. The molecule has 2 heteroatoms. The molecule has 0 aliphatic carbocycles. The highest BCUT2D eigenvalue weighted by molar-refractivity contribution is 4.99. The van der Waals surface area contributed by atoms with Crippen LogP contribution < -0.4 is 0 Å². The van der Waals surface area contributed by atoms with Crippen molar-refractivity contribution in [3.05, 3.63) is 36.4 Å². The largest absolute Gasteiger partial charge is 0.460 e. The van der Waals surface area contributed by atoms with Crippen molar-refractivity contribution in [2.24, 2.45) is 0 Å². The molecule has 0 saturated carbocycles. The first-order valence-corrected chi connectivity index (χ1v) is 2.70. The Kier molecular flexibility index (Phi) is 6.18. The molecule has 10 heavy (non-hydrogen) atoms. The Balaban J connectivity index is 0.000000180. The van der Waals surface area contributed by atoms with E-state index in [9.17, 15) is 0 Å². The van der Waals surface area contributed by atoms with E-state index in [1.165, 1.54) is 12.2 Å². The summed E-state index contributed by atoms with van der Waals surface area (Å²) in [6.07, 6.45) is 2.47. The molecule has 0 aliphatic heterocycles. The molecular formula is C8H8O2. The topological polar surface area (TPSA) is 40.5 Å². The first-order valence-electron chi connectivity index (χ1n) is 2.70. The van der Waals surface area contributed by atoms with Crippen LogP contribution >= 0.6 is 0 Å². The monoisotopic (exact) mass is 136 g/mol. The Bertz CT molecular complexity index is 163. The Labute approximate surface area is 59.8 Å². The zero-order chi connectivity index (χ0) is 7.66. The van der Waals surface area contributed by atoms with E-state index >= 15 is 0 Å². The number of benzene rings is 1. The van der Waals surface area contributed by atoms with Gasteiger partial charge >= 0.3 is 0 Å². The first kappa shape index (κ1) is 8.38. The maximum atomic E-state index is 7.26. The summed E-state index contributed by atoms with van der Waals surface area (Å²) in [5.74, 6) is 0. The van der Waals surface area contributed by atoms with Crippen molar-refractivity contribution in [2.75, 3.05) is 0 Å². The summed E-state index contributed by atoms with van der Waals surface area (Å²) < 4.78 is 0. The van der Waals surface area contributed by atoms with Crippen molar-refractivity contribution >= 4 is 0 Å². The highest BCUT2D eigenvalue weighted by atomic mass is 16.3. The fraction of sp³-hybridized carbons (Fsp3) is 0. The maximum absolute atomic E-state index is 7.26. The molecule has 0 atom stereocenters. The van der Waals surface area contributed by atoms with Gasteiger partial charge in [-0.25, -0.2) is 0 Å². The number of aliphatic hydroxyl groups excluding tert-OH is 2. The minimum atomic E-state index is 1.24. The third kappa shape index (κ3) is 6.38. The Morgan fingerprint density at radius 1 is 0.600 bits per heavy atom. The lowest BCUT2D eigenvalue weighted by Gasteiger charge is -1.69. The average Bonchev–Trinajstić information content (AvgIpc) is 2.08. The van der Waals surface area contributed by atoms with Crippen molar-refractivity contribution in [3.63, 3.8) is 0 Å². The van der Waals surface area contributed by atoms with Crippen LogP contribution in [0.25, 0.3) is 0 Å². The molecule has 2 nitrogen and oxygen atoms in total. The second-order valence-corrected chi connectivity index (χ2v) is 1.38. The van der Waals surface area contributed by atoms with Crippen LogP contribution in [-0.4, -0.2) is 10.2 Å². The van der Waals surface area contributed by atoms with E-state index in [0.717, 1.165) is 0 Å². The molecule has 52 valence electrons. The minimum Gasteiger partial charge on any atom is -0.460 e. The zero-order valence-electron chi connectivity index (χ0n) is 5.36. The van der Waals surface area contributed by atoms with Crippen molar-refractivity contribution in [1.82, 2.24) is 0 Å². The molecule has 0 radical (unpaired) electrons. The molecule has 0 heterocycles. The highest BCUT2D eigenvalue weighted by Gasteiger charge is 1.57. The second kappa shape index (κ2) is 7.38. The normalized spacial score (nSPS) is 6.00. The molecule has 2 N–H and O–H groups in total. The summed E-state index contributed by atoms with van der Waals surface area (Å²) in [5.41, 5.74) is 0. The number of hydrogen-bond acceptors (Lipinski definition) is 2. The van der Waals surface area contributed by atoms with Gasteiger partial charge in [-0.15, -0.1) is 0 Å². The molecule has 0 bridgehead atoms. The number of aliphatic hydroxyl groups is 2. The van der Waals surface area contributed by atoms with Gasteiger partial charge in [0.15, 0.2) is 12.2 Å². The molecule has 1 aromatic carbocycles. The summed E-state index contributed by atoms with van der Waals surface area (Å²) in [6.45, 7) is 0. The van der Waals surface area contributed by atoms with Gasteiger partial charge in [0, 0.05) is 0 Å². The summed E-state index contributed by atoms with van der Waals surface area (Å²) in [6, 6.07) is 12.0. The predicted molar refractivity (Wildman–Crippen MR) is 38.1 cm³/mol. The van der Waals surface area contributed by atoms with Crippen LogP contribution in [0.5, 0.6) is 0 Å². The van der Waals surface area contributed by atoms with Crippen molar-refractivity contribution < 1.29 is 10.2 Å². The summed E-state index contributed by atoms with van der Waals surface area (Å²) >= 11 is 0. The van der Waals surface area contributed by atoms with Gasteiger partial charge in [0.1, 0.15) is 0 Å². The molecule has 0 saturated heterocycles. The first-order chi connectivity index (χ1) is 4.91. The smallest absolute Gasteiger partial charge is 0.152 e. The van der Waals surface area contributed by atoms with E-state index in [1.54, 1.807) is 0 Å². The van der Waals surface area contributed by atoms with Crippen LogP contribution in [-0.2, 0) is 0 Å². The van der Waals surface area contributed by atoms with Crippen molar-refractivity contribution in [3.8, 4) is 12.2 Å². The number of hydrogen-bond donors (Lipinski definition) is 2. The zero-order valence-corrected chi connectivity index (χ0v) is 5.36. The van der Waals surface area contributed by atoms with Crippen LogP contribution in [0.3, 0.4) is 0 Å². The van der Waals surface area contributed by atoms with Gasteiger partial charge in [0.25, 0.3) is 0 Å². The van der Waals surface area contributed by atoms with Crippen LogP contribution in [0.15, 0.2) is 36.4 Å². The van der Waals surface area contributed by atoms with E-state index < -0.39 is 0 Å². The van der Waals surface area contributed by atoms with Gasteiger partial charge in [-0.1, -0.05) is 36.4 Å². The third-order valence-corrected chi connectivity index (χ3v) is 0.717. The average molecular weight is 136 g/mol. The van der Waals surface area contributed by atoms with E-state index in [0.29, 0.717) is 0 Å². The maximum Gasteiger partial charge on any atom is 0.152 e. The standard InChI is InChI=1S/C6H6.C2H2O2/c1-2-4-6-5-3-1;3-1-2-4/h1-6H;3-4H. The Morgan fingerprint density at radius 2 is 0.800 bits per heavy atom. The van der Waals surface area contributed by atoms with Crippen molar-refractivity contribution in [2.45, 2.75) is 0 Å². The van der Waals surface area contributed by atoms with E-state index in [2.05, 4.69) is 0 Å². The summed E-state index contributed by atoms with van der Waals surface area (Å²) in [7, 11) is 0. The Morgan fingerprint density at radius 3 is 0.900 bits per heavy atom. The van der Waals surface area contributed by atoms with Gasteiger partial charge in [0.05, 0.1) is 0 Å². The highest BCUT2D eigenvalue weighted by Crippen LogP contribution is 1.79. The molecule has 0 unspecified atom stereocenters. The second-order valence-electron chi connectivity index (χ2n) is 1.38. The third-order valence-electron chi connectivity index (χ3n) is 0.717.